The summed E-state index contributed by atoms with van der Waals surface area (Å²) in [5.41, 5.74) is 7.79. The lowest BCUT2D eigenvalue weighted by molar-refractivity contribution is 0.0475. The molecule has 0 aromatic heterocycles. The van der Waals surface area contributed by atoms with Crippen molar-refractivity contribution in [1.82, 2.24) is 15.3 Å². The number of anilines is 1. The molecule has 7 heteroatoms. The lowest BCUT2D eigenvalue weighted by atomic mass is 10.1. The van der Waals surface area contributed by atoms with Gasteiger partial charge in [-0.3, -0.25) is 4.79 Å². The van der Waals surface area contributed by atoms with Crippen LogP contribution in [0.25, 0.3) is 0 Å². The Morgan fingerprint density at radius 3 is 2.73 bits per heavy atom. The van der Waals surface area contributed by atoms with Crippen LogP contribution in [0, 0.1) is 0 Å². The second kappa shape index (κ2) is 7.95. The number of hydrazine groups is 1. The van der Waals surface area contributed by atoms with Crippen LogP contribution in [0.15, 0.2) is 42.5 Å². The second-order valence-corrected chi connectivity index (χ2v) is 6.82. The molecule has 1 saturated heterocycles. The number of ether oxygens (including phenoxy) is 1. The zero-order valence-electron chi connectivity index (χ0n) is 14.9. The molecule has 3 N–H and O–H groups in total. The molecule has 1 aliphatic heterocycles. The minimum absolute atomic E-state index is 0.0113. The van der Waals surface area contributed by atoms with Crippen LogP contribution in [0.3, 0.4) is 0 Å². The van der Waals surface area contributed by atoms with Crippen molar-refractivity contribution >= 4 is 23.2 Å². The van der Waals surface area contributed by atoms with E-state index >= 15 is 0 Å². The first-order valence-electron chi connectivity index (χ1n) is 8.41. The first kappa shape index (κ1) is 18.5. The van der Waals surface area contributed by atoms with Gasteiger partial charge in [-0.05, 0) is 11.6 Å². The van der Waals surface area contributed by atoms with Crippen molar-refractivity contribution in [2.75, 3.05) is 33.0 Å². The summed E-state index contributed by atoms with van der Waals surface area (Å²) in [6.07, 6.45) is 0. The maximum absolute atomic E-state index is 12.7. The highest BCUT2D eigenvalue weighted by Crippen LogP contribution is 2.29. The molecule has 138 valence electrons. The third-order valence-electron chi connectivity index (χ3n) is 4.51. The third-order valence-corrected chi connectivity index (χ3v) is 4.83. The van der Waals surface area contributed by atoms with Gasteiger partial charge < -0.3 is 15.8 Å². The Kier molecular flexibility index (Phi) is 5.66. The first-order valence-corrected chi connectivity index (χ1v) is 8.79. The van der Waals surface area contributed by atoms with Gasteiger partial charge in [0.1, 0.15) is 5.75 Å². The van der Waals surface area contributed by atoms with Crippen LogP contribution >= 0.6 is 11.6 Å². The lowest BCUT2D eigenvalue weighted by Crippen LogP contribution is -2.38. The van der Waals surface area contributed by atoms with Crippen molar-refractivity contribution in [3.05, 3.63) is 58.6 Å². The summed E-state index contributed by atoms with van der Waals surface area (Å²) in [7, 11) is 3.53. The normalized spacial score (nSPS) is 18.0. The average molecular weight is 375 g/mol. The summed E-state index contributed by atoms with van der Waals surface area (Å²) >= 11 is 6.06. The number of carbonyl (C=O) groups excluding carboxylic acids is 1. The first-order chi connectivity index (χ1) is 12.5. The minimum Gasteiger partial charge on any atom is -0.496 e. The molecule has 1 fully saturated rings. The van der Waals surface area contributed by atoms with E-state index in [0.717, 1.165) is 19.6 Å². The zero-order chi connectivity index (χ0) is 18.7. The van der Waals surface area contributed by atoms with E-state index in [1.807, 2.05) is 25.2 Å². The molecule has 1 unspecified atom stereocenters. The van der Waals surface area contributed by atoms with Crippen molar-refractivity contribution in [2.45, 2.75) is 12.6 Å². The van der Waals surface area contributed by atoms with E-state index in [4.69, 9.17) is 22.1 Å². The largest absolute Gasteiger partial charge is 0.496 e. The molecule has 0 spiro atoms. The van der Waals surface area contributed by atoms with Gasteiger partial charge in [-0.2, -0.15) is 0 Å². The Morgan fingerprint density at radius 1 is 1.31 bits per heavy atom. The van der Waals surface area contributed by atoms with Gasteiger partial charge >= 0.3 is 0 Å². The average Bonchev–Trinajstić information content (AvgIpc) is 2.96. The smallest absolute Gasteiger partial charge is 0.255 e. The number of nitrogen functional groups attached to an aromatic ring is 1. The van der Waals surface area contributed by atoms with E-state index in [2.05, 4.69) is 27.5 Å². The van der Waals surface area contributed by atoms with Crippen molar-refractivity contribution < 1.29 is 9.53 Å². The van der Waals surface area contributed by atoms with E-state index in [9.17, 15) is 4.79 Å². The third kappa shape index (κ3) is 4.09. The van der Waals surface area contributed by atoms with E-state index in [-0.39, 0.29) is 11.9 Å². The number of rotatable bonds is 5. The highest BCUT2D eigenvalue weighted by atomic mass is 35.5. The van der Waals surface area contributed by atoms with Crippen LogP contribution in [-0.2, 0) is 6.54 Å². The van der Waals surface area contributed by atoms with Crippen LogP contribution < -0.4 is 15.8 Å². The Morgan fingerprint density at radius 2 is 2.04 bits per heavy atom. The fourth-order valence-corrected chi connectivity index (χ4v) is 3.30. The molecule has 0 radical (unpaired) electrons. The van der Waals surface area contributed by atoms with Crippen molar-refractivity contribution in [3.63, 3.8) is 0 Å². The van der Waals surface area contributed by atoms with E-state index < -0.39 is 0 Å². The summed E-state index contributed by atoms with van der Waals surface area (Å²) in [5.74, 6) is 0.195. The van der Waals surface area contributed by atoms with E-state index in [1.165, 1.54) is 12.7 Å². The summed E-state index contributed by atoms with van der Waals surface area (Å²) < 4.78 is 5.27. The summed E-state index contributed by atoms with van der Waals surface area (Å²) in [4.78, 5) is 12.7. The fraction of sp³-hybridized carbons (Fsp3) is 0.316. The quantitative estimate of drug-likeness (QED) is 0.786. The molecule has 1 atom stereocenters. The number of amides is 1. The number of hydrogen-bond donors (Lipinski definition) is 2. The number of nitrogens with one attached hydrogen (secondary N) is 1. The van der Waals surface area contributed by atoms with Crippen LogP contribution in [0.5, 0.6) is 5.75 Å². The summed E-state index contributed by atoms with van der Waals surface area (Å²) in [6, 6.07) is 13.4. The minimum atomic E-state index is -0.219. The zero-order valence-corrected chi connectivity index (χ0v) is 15.7. The highest BCUT2D eigenvalue weighted by molar-refractivity contribution is 6.33. The van der Waals surface area contributed by atoms with Crippen molar-refractivity contribution in [2.24, 2.45) is 0 Å². The maximum Gasteiger partial charge on any atom is 0.255 e. The number of halogens is 1. The number of hydrogen-bond acceptors (Lipinski definition) is 5. The van der Waals surface area contributed by atoms with Crippen LogP contribution in [0.1, 0.15) is 15.9 Å². The van der Waals surface area contributed by atoms with Gasteiger partial charge in [-0.25, -0.2) is 10.0 Å². The van der Waals surface area contributed by atoms with Gasteiger partial charge in [0.15, 0.2) is 0 Å². The standard InChI is InChI=1S/C19H23ClN4O2/c1-23-11-14(12-24(23)10-13-6-4-3-5-7-13)22-19(25)15-8-16(20)17(21)9-18(15)26-2/h3-9,14H,10-12,21H2,1-2H3,(H,22,25). The van der Waals surface area contributed by atoms with Gasteiger partial charge in [0.05, 0.1) is 29.4 Å². The van der Waals surface area contributed by atoms with Crippen molar-refractivity contribution in [3.8, 4) is 5.75 Å². The predicted molar refractivity (Wildman–Crippen MR) is 103 cm³/mol. The molecule has 6 nitrogen and oxygen atoms in total. The van der Waals surface area contributed by atoms with E-state index in [1.54, 1.807) is 12.1 Å². The van der Waals surface area contributed by atoms with Gasteiger partial charge in [0, 0.05) is 32.7 Å². The second-order valence-electron chi connectivity index (χ2n) is 6.42. The molecular formula is C19H23ClN4O2. The number of nitrogens with two attached hydrogens (primary N) is 1. The summed E-state index contributed by atoms with van der Waals surface area (Å²) in [5, 5.41) is 7.74. The van der Waals surface area contributed by atoms with E-state index in [0.29, 0.717) is 22.0 Å². The van der Waals surface area contributed by atoms with Gasteiger partial charge in [0.25, 0.3) is 5.91 Å². The fourth-order valence-electron chi connectivity index (χ4n) is 3.14. The monoisotopic (exact) mass is 374 g/mol. The molecule has 2 aromatic carbocycles. The molecular weight excluding hydrogens is 352 g/mol. The molecule has 0 bridgehead atoms. The molecule has 3 rings (SSSR count). The Hall–Kier alpha value is -2.28. The molecule has 2 aromatic rings. The SMILES string of the molecule is COc1cc(N)c(Cl)cc1C(=O)NC1CN(C)N(Cc2ccccc2)C1. The Balaban J connectivity index is 1.66. The number of benzene rings is 2. The molecule has 26 heavy (non-hydrogen) atoms. The van der Waals surface area contributed by atoms with Gasteiger partial charge in [0.2, 0.25) is 0 Å². The van der Waals surface area contributed by atoms with Gasteiger partial charge in [-0.1, -0.05) is 41.9 Å². The van der Waals surface area contributed by atoms with Crippen LogP contribution in [0.2, 0.25) is 5.02 Å². The highest BCUT2D eigenvalue weighted by Gasteiger charge is 2.29. The number of nitrogens with zero attached hydrogens (tertiary/aromatic N) is 2. The van der Waals surface area contributed by atoms with Crippen molar-refractivity contribution in [1.29, 1.82) is 0 Å². The lowest BCUT2D eigenvalue weighted by Gasteiger charge is -2.23. The molecule has 1 amide bonds. The molecule has 1 heterocycles. The number of likely N-dealkylation sites (N-methyl/N-ethyl adjacent to an activating group) is 1. The molecule has 0 aliphatic carbocycles. The predicted octanol–water partition coefficient (Wildman–Crippen LogP) is 2.39. The topological polar surface area (TPSA) is 70.8 Å². The van der Waals surface area contributed by atoms with Crippen LogP contribution in [0.4, 0.5) is 5.69 Å². The van der Waals surface area contributed by atoms with Gasteiger partial charge in [-0.15, -0.1) is 0 Å². The Labute approximate surface area is 158 Å². The Bertz CT molecular complexity index is 785. The maximum atomic E-state index is 12.7. The molecule has 0 saturated carbocycles. The molecule has 1 aliphatic rings. The number of methoxy groups -OCH3 is 1. The number of carbonyl (C=O) groups is 1. The van der Waals surface area contributed by atoms with Crippen LogP contribution in [-0.4, -0.2) is 49.2 Å². The summed E-state index contributed by atoms with van der Waals surface area (Å²) in [6.45, 7) is 2.28.